The largest absolute Gasteiger partial charge is 0.342 e. The Labute approximate surface area is 306 Å². The molecule has 274 valence electrons. The molecule has 0 atom stereocenters. The van der Waals surface area contributed by atoms with Crippen molar-refractivity contribution < 1.29 is 18.5 Å². The minimum atomic E-state index is -0.748. The van der Waals surface area contributed by atoms with Crippen LogP contribution in [0.2, 0.25) is 0 Å². The quantitative estimate of drug-likeness (QED) is 0.209. The van der Waals surface area contributed by atoms with Gasteiger partial charge in [0.1, 0.15) is 5.52 Å². The second-order valence-corrected chi connectivity index (χ2v) is 16.1. The molecule has 4 aliphatic rings. The lowest BCUT2D eigenvalue weighted by Crippen LogP contribution is -2.57. The number of piperidine rings is 1. The zero-order valence-corrected chi connectivity index (χ0v) is 30.4. The van der Waals surface area contributed by atoms with E-state index in [1.54, 1.807) is 17.3 Å². The fourth-order valence-corrected chi connectivity index (χ4v) is 8.92. The van der Waals surface area contributed by atoms with Crippen molar-refractivity contribution in [1.29, 1.82) is 0 Å². The van der Waals surface area contributed by atoms with E-state index in [0.717, 1.165) is 60.2 Å². The summed E-state index contributed by atoms with van der Waals surface area (Å²) in [6.45, 7) is 11.8. The van der Waals surface area contributed by atoms with Crippen LogP contribution in [0.1, 0.15) is 82.0 Å². The van der Waals surface area contributed by atoms with Gasteiger partial charge >= 0.3 is 0 Å². The highest BCUT2D eigenvalue weighted by atomic mass is 19.1. The van der Waals surface area contributed by atoms with Crippen LogP contribution < -0.4 is 10.2 Å². The molecular formula is C39H43FN10O3. The van der Waals surface area contributed by atoms with E-state index >= 15 is 0 Å². The average Bonchev–Trinajstić information content (AvgIpc) is 3.93. The normalized spacial score (nSPS) is 22.2. The Bertz CT molecular complexity index is 2220. The van der Waals surface area contributed by atoms with Crippen LogP contribution in [0.25, 0.3) is 22.3 Å². The topological polar surface area (TPSA) is 138 Å². The maximum Gasteiger partial charge on any atom is 0.295 e. The summed E-state index contributed by atoms with van der Waals surface area (Å²) in [5.41, 5.74) is 4.70. The smallest absolute Gasteiger partial charge is 0.295 e. The number of carbonyl (C=O) groups is 2. The third-order valence-electron chi connectivity index (χ3n) is 12.0. The Kier molecular flexibility index (Phi) is 7.88. The van der Waals surface area contributed by atoms with Gasteiger partial charge in [-0.1, -0.05) is 31.1 Å². The van der Waals surface area contributed by atoms with Gasteiger partial charge < -0.3 is 24.2 Å². The molecule has 5 aromatic rings. The fraction of sp³-hybridized carbons (Fsp3) is 0.462. The molecule has 1 N–H and O–H groups in total. The number of hydrogen-bond donors (Lipinski definition) is 1. The first-order valence-electron chi connectivity index (χ1n) is 18.5. The standard InChI is InChI=1S/C39H43FN10O3/c1-23(2)49-21-42-31-18-30(45-34(33(31)49)44-29-7-11-41-19-28(29)40)24-5-6-27-32(15-24)50(26-16-25(17-26)48-12-8-38(3,4)20-48)37(52)39(27)9-13-47(14-10-39)36(51)35-43-22-53-46-35/h5-7,11,15,18-19,21-23,25-26H,8-10,12-14,16-17,20H2,1-4H3,(H,41,44,45). The highest BCUT2D eigenvalue weighted by Crippen LogP contribution is 2.52. The van der Waals surface area contributed by atoms with Crippen LogP contribution >= 0.6 is 0 Å². The van der Waals surface area contributed by atoms with E-state index in [4.69, 9.17) is 14.5 Å². The number of hydrogen-bond acceptors (Lipinski definition) is 10. The molecule has 1 aromatic carbocycles. The lowest BCUT2D eigenvalue weighted by atomic mass is 9.73. The maximum atomic E-state index is 14.9. The number of pyridine rings is 2. The van der Waals surface area contributed by atoms with Crippen molar-refractivity contribution in [2.75, 3.05) is 36.4 Å². The van der Waals surface area contributed by atoms with E-state index in [1.807, 2.05) is 16.7 Å². The van der Waals surface area contributed by atoms with Crippen molar-refractivity contribution in [2.45, 2.75) is 83.3 Å². The monoisotopic (exact) mass is 718 g/mol. The first-order valence-corrected chi connectivity index (χ1v) is 18.5. The minimum Gasteiger partial charge on any atom is -0.342 e. The number of carbonyl (C=O) groups excluding carboxylic acids is 2. The lowest BCUT2D eigenvalue weighted by Gasteiger charge is -2.46. The molecular weight excluding hydrogens is 675 g/mol. The van der Waals surface area contributed by atoms with Gasteiger partial charge in [-0.25, -0.2) is 14.4 Å². The van der Waals surface area contributed by atoms with Gasteiger partial charge in [-0.3, -0.25) is 19.5 Å². The zero-order chi connectivity index (χ0) is 36.6. The number of amides is 2. The molecule has 13 nitrogen and oxygen atoms in total. The molecule has 1 saturated carbocycles. The lowest BCUT2D eigenvalue weighted by molar-refractivity contribution is -0.125. The van der Waals surface area contributed by atoms with E-state index < -0.39 is 11.2 Å². The molecule has 9 rings (SSSR count). The summed E-state index contributed by atoms with van der Waals surface area (Å²) >= 11 is 0. The Morgan fingerprint density at radius 1 is 1.04 bits per heavy atom. The van der Waals surface area contributed by atoms with Crippen molar-refractivity contribution in [3.63, 3.8) is 0 Å². The van der Waals surface area contributed by atoms with Crippen molar-refractivity contribution in [2.24, 2.45) is 5.41 Å². The molecule has 0 unspecified atom stereocenters. The number of likely N-dealkylation sites (tertiary alicyclic amines) is 2. The Morgan fingerprint density at radius 2 is 1.85 bits per heavy atom. The van der Waals surface area contributed by atoms with Gasteiger partial charge in [-0.15, -0.1) is 0 Å². The van der Waals surface area contributed by atoms with E-state index in [0.29, 0.717) is 48.9 Å². The highest BCUT2D eigenvalue weighted by Gasteiger charge is 2.56. The molecule has 0 radical (unpaired) electrons. The van der Waals surface area contributed by atoms with Gasteiger partial charge in [0.25, 0.3) is 11.7 Å². The van der Waals surface area contributed by atoms with Gasteiger partial charge in [-0.05, 0) is 81.7 Å². The van der Waals surface area contributed by atoms with Crippen LogP contribution in [0, 0.1) is 11.2 Å². The predicted octanol–water partition coefficient (Wildman–Crippen LogP) is 6.12. The number of benzene rings is 1. The maximum absolute atomic E-state index is 14.9. The first kappa shape index (κ1) is 33.6. The molecule has 0 bridgehead atoms. The van der Waals surface area contributed by atoms with E-state index in [-0.39, 0.29) is 35.4 Å². The molecule has 53 heavy (non-hydrogen) atoms. The number of fused-ring (bicyclic) bond motifs is 3. The molecule has 4 aromatic heterocycles. The first-order chi connectivity index (χ1) is 25.5. The summed E-state index contributed by atoms with van der Waals surface area (Å²) in [7, 11) is 0. The molecule has 2 saturated heterocycles. The van der Waals surface area contributed by atoms with Crippen LogP contribution in [0.3, 0.4) is 0 Å². The van der Waals surface area contributed by atoms with E-state index in [9.17, 15) is 14.0 Å². The van der Waals surface area contributed by atoms with E-state index in [2.05, 4.69) is 70.1 Å². The number of halogens is 1. The number of nitrogens with zero attached hydrogens (tertiary/aromatic N) is 9. The van der Waals surface area contributed by atoms with Gasteiger partial charge in [0.05, 0.1) is 34.8 Å². The van der Waals surface area contributed by atoms with E-state index in [1.165, 1.54) is 18.8 Å². The zero-order valence-electron chi connectivity index (χ0n) is 30.4. The number of aromatic nitrogens is 6. The summed E-state index contributed by atoms with van der Waals surface area (Å²) in [4.78, 5) is 52.0. The van der Waals surface area contributed by atoms with Gasteiger partial charge in [-0.2, -0.15) is 4.98 Å². The van der Waals surface area contributed by atoms with Gasteiger partial charge in [0, 0.05) is 55.2 Å². The average molecular weight is 719 g/mol. The van der Waals surface area contributed by atoms with Crippen molar-refractivity contribution in [3.8, 4) is 11.3 Å². The molecule has 3 aliphatic heterocycles. The van der Waals surface area contributed by atoms with Crippen molar-refractivity contribution >= 4 is 40.0 Å². The third-order valence-corrected chi connectivity index (χ3v) is 12.0. The Hall–Kier alpha value is -5.24. The van der Waals surface area contributed by atoms with Crippen LogP contribution in [0.4, 0.5) is 21.6 Å². The Balaban J connectivity index is 1.09. The summed E-state index contributed by atoms with van der Waals surface area (Å²) in [6.07, 6.45) is 9.67. The molecule has 1 spiro atoms. The highest BCUT2D eigenvalue weighted by molar-refractivity contribution is 6.09. The number of anilines is 3. The fourth-order valence-electron chi connectivity index (χ4n) is 8.92. The predicted molar refractivity (Wildman–Crippen MR) is 196 cm³/mol. The van der Waals surface area contributed by atoms with Crippen LogP contribution in [-0.2, 0) is 10.2 Å². The number of rotatable bonds is 7. The molecule has 1 aliphatic carbocycles. The number of nitrogens with one attached hydrogen (secondary N) is 1. The van der Waals surface area contributed by atoms with Crippen molar-refractivity contribution in [1.82, 2.24) is 39.5 Å². The van der Waals surface area contributed by atoms with Gasteiger partial charge in [0.15, 0.2) is 11.6 Å². The molecule has 2 amide bonds. The van der Waals surface area contributed by atoms with Gasteiger partial charge in [0.2, 0.25) is 12.3 Å². The summed E-state index contributed by atoms with van der Waals surface area (Å²) in [5.74, 6) is -0.163. The molecule has 3 fully saturated rings. The molecule has 14 heteroatoms. The second kappa shape index (κ2) is 12.4. The second-order valence-electron chi connectivity index (χ2n) is 16.1. The number of imidazole rings is 1. The summed E-state index contributed by atoms with van der Waals surface area (Å²) in [6, 6.07) is 10.4. The third kappa shape index (κ3) is 5.56. The van der Waals surface area contributed by atoms with Crippen LogP contribution in [0.5, 0.6) is 0 Å². The van der Waals surface area contributed by atoms with Crippen molar-refractivity contribution in [3.05, 3.63) is 72.7 Å². The molecule has 7 heterocycles. The SMILES string of the molecule is CC(C)n1cnc2cc(-c3ccc4c(c3)N(C3CC(N5CCC(C)(C)C5)C3)C(=O)C43CCN(C(=O)c4ncon4)CC3)nc(Nc3ccncc3F)c21. The van der Waals surface area contributed by atoms with Crippen LogP contribution in [-0.4, -0.2) is 89.5 Å². The summed E-state index contributed by atoms with van der Waals surface area (Å²) < 4.78 is 21.7. The summed E-state index contributed by atoms with van der Waals surface area (Å²) in [5, 5.41) is 6.96. The minimum absolute atomic E-state index is 0.0270. The Morgan fingerprint density at radius 3 is 2.55 bits per heavy atom. The van der Waals surface area contributed by atoms with Crippen LogP contribution in [0.15, 0.2) is 60.0 Å².